The van der Waals surface area contributed by atoms with Crippen LogP contribution in [0, 0.1) is 0 Å². The molecule has 2 rings (SSSR count). The van der Waals surface area contributed by atoms with Gasteiger partial charge in [0.25, 0.3) is 5.91 Å². The van der Waals surface area contributed by atoms with Crippen molar-refractivity contribution < 1.29 is 19.1 Å². The first kappa shape index (κ1) is 19.9. The molecule has 0 aliphatic heterocycles. The van der Waals surface area contributed by atoms with Crippen LogP contribution in [0.15, 0.2) is 17.7 Å². The van der Waals surface area contributed by atoms with Crippen LogP contribution in [0.5, 0.6) is 0 Å². The number of fused-ring (bicyclic) bond motifs is 1. The Hall–Kier alpha value is -2.39. The van der Waals surface area contributed by atoms with E-state index in [1.54, 1.807) is 31.4 Å². The van der Waals surface area contributed by atoms with E-state index in [1.807, 2.05) is 5.38 Å². The lowest BCUT2D eigenvalue weighted by molar-refractivity contribution is -0.149. The summed E-state index contributed by atoms with van der Waals surface area (Å²) in [5.74, 6) is -1.47. The number of carbonyl (C=O) groups excluding carboxylic acids is 3. The lowest BCUT2D eigenvalue weighted by atomic mass is 10.1. The maximum Gasteiger partial charge on any atom is 0.331 e. The highest BCUT2D eigenvalue weighted by molar-refractivity contribution is 7.15. The Morgan fingerprint density at radius 1 is 1.38 bits per heavy atom. The van der Waals surface area contributed by atoms with Gasteiger partial charge in [0.2, 0.25) is 0 Å². The number of ether oxygens (including phenoxy) is 1. The van der Waals surface area contributed by atoms with E-state index in [-0.39, 0.29) is 5.15 Å². The van der Waals surface area contributed by atoms with Crippen LogP contribution in [0.1, 0.15) is 33.4 Å². The molecule has 0 aliphatic rings. The number of imide groups is 1. The summed E-state index contributed by atoms with van der Waals surface area (Å²) in [5, 5.41) is 6.78. The Balaban J connectivity index is 1.92. The third-order valence-corrected chi connectivity index (χ3v) is 4.05. The number of rotatable bonds is 4. The van der Waals surface area contributed by atoms with Crippen molar-refractivity contribution >= 4 is 51.9 Å². The van der Waals surface area contributed by atoms with E-state index in [2.05, 4.69) is 15.6 Å². The number of hydrogen-bond acceptors (Lipinski definition) is 6. The molecule has 3 amide bonds. The van der Waals surface area contributed by atoms with Crippen LogP contribution in [-0.4, -0.2) is 38.9 Å². The molecule has 1 atom stereocenters. The molecule has 2 N–H and O–H groups in total. The molecule has 0 unspecified atom stereocenters. The summed E-state index contributed by atoms with van der Waals surface area (Å²) >= 11 is 7.43. The van der Waals surface area contributed by atoms with Crippen molar-refractivity contribution in [3.63, 3.8) is 0 Å². The van der Waals surface area contributed by atoms with E-state index >= 15 is 0 Å². The molecule has 0 saturated carbocycles. The van der Waals surface area contributed by atoms with E-state index < -0.39 is 29.6 Å². The summed E-state index contributed by atoms with van der Waals surface area (Å²) in [6, 6.07) is -0.660. The van der Waals surface area contributed by atoms with Crippen LogP contribution >= 0.6 is 22.9 Å². The number of hydrogen-bond donors (Lipinski definition) is 2. The van der Waals surface area contributed by atoms with Crippen molar-refractivity contribution in [3.05, 3.63) is 28.5 Å². The minimum absolute atomic E-state index is 0.255. The summed E-state index contributed by atoms with van der Waals surface area (Å²) in [6.07, 6.45) is 3.23. The number of amides is 3. The van der Waals surface area contributed by atoms with Gasteiger partial charge in [-0.25, -0.2) is 14.6 Å². The summed E-state index contributed by atoms with van der Waals surface area (Å²) in [6.45, 7) is 6.69. The number of esters is 1. The number of halogens is 1. The fourth-order valence-electron chi connectivity index (χ4n) is 1.93. The van der Waals surface area contributed by atoms with Crippen molar-refractivity contribution in [2.75, 3.05) is 0 Å². The van der Waals surface area contributed by atoms with Gasteiger partial charge in [-0.15, -0.1) is 11.3 Å². The van der Waals surface area contributed by atoms with Crippen molar-refractivity contribution in [1.82, 2.24) is 20.0 Å². The summed E-state index contributed by atoms with van der Waals surface area (Å²) in [5.41, 5.74) is 0.0337. The van der Waals surface area contributed by atoms with Crippen LogP contribution < -0.4 is 10.6 Å². The first-order valence-electron chi connectivity index (χ1n) is 7.69. The fraction of sp³-hybridized carbons (Fsp3) is 0.375. The van der Waals surface area contributed by atoms with Gasteiger partial charge in [0.15, 0.2) is 16.2 Å². The molecule has 0 fully saturated rings. The van der Waals surface area contributed by atoms with Gasteiger partial charge in [-0.2, -0.15) is 0 Å². The Labute approximate surface area is 159 Å². The third kappa shape index (κ3) is 5.30. The first-order chi connectivity index (χ1) is 12.1. The Bertz CT molecular complexity index is 865. The standard InChI is InChI=1S/C16H19ClN4O4S/c1-9(13(23)19-14(24)20-16(2,3)4)25-11(22)6-5-10-12(17)18-15-21(10)7-8-26-15/h5-9H,1-4H3,(H2,19,20,23,24)/b6-5+/t9-/m1/s1. The molecule has 140 valence electrons. The predicted molar refractivity (Wildman–Crippen MR) is 99.1 cm³/mol. The van der Waals surface area contributed by atoms with Crippen molar-refractivity contribution in [2.45, 2.75) is 39.3 Å². The predicted octanol–water partition coefficient (Wildman–Crippen LogP) is 2.62. The number of thiazole rings is 1. The molecule has 2 aromatic rings. The molecular weight excluding hydrogens is 380 g/mol. The normalized spacial score (nSPS) is 13.0. The number of nitrogens with one attached hydrogen (secondary N) is 2. The molecule has 2 heterocycles. The molecule has 0 spiro atoms. The van der Waals surface area contributed by atoms with Gasteiger partial charge in [0.1, 0.15) is 0 Å². The number of nitrogens with zero attached hydrogens (tertiary/aromatic N) is 2. The topological polar surface area (TPSA) is 102 Å². The molecular formula is C16H19ClN4O4S. The minimum Gasteiger partial charge on any atom is -0.449 e. The van der Waals surface area contributed by atoms with Crippen LogP contribution in [0.4, 0.5) is 4.79 Å². The highest BCUT2D eigenvalue weighted by Crippen LogP contribution is 2.22. The highest BCUT2D eigenvalue weighted by atomic mass is 35.5. The van der Waals surface area contributed by atoms with Gasteiger partial charge >= 0.3 is 12.0 Å². The molecule has 0 radical (unpaired) electrons. The molecule has 0 aliphatic carbocycles. The number of imidazole rings is 1. The summed E-state index contributed by atoms with van der Waals surface area (Å²) in [4.78, 5) is 40.3. The van der Waals surface area contributed by atoms with Crippen molar-refractivity contribution in [2.24, 2.45) is 0 Å². The van der Waals surface area contributed by atoms with Crippen LogP contribution in [-0.2, 0) is 14.3 Å². The van der Waals surface area contributed by atoms with Gasteiger partial charge in [0, 0.05) is 23.2 Å². The van der Waals surface area contributed by atoms with E-state index in [0.717, 1.165) is 6.08 Å². The highest BCUT2D eigenvalue weighted by Gasteiger charge is 2.21. The first-order valence-corrected chi connectivity index (χ1v) is 8.95. The molecule has 2 aromatic heterocycles. The SMILES string of the molecule is C[C@@H](OC(=O)/C=C/c1c(Cl)nc2sccn12)C(=O)NC(=O)NC(C)(C)C. The average molecular weight is 399 g/mol. The molecule has 10 heteroatoms. The third-order valence-electron chi connectivity index (χ3n) is 3.02. The second-order valence-electron chi connectivity index (χ2n) is 6.45. The van der Waals surface area contributed by atoms with E-state index in [0.29, 0.717) is 10.7 Å². The Morgan fingerprint density at radius 3 is 2.73 bits per heavy atom. The number of urea groups is 1. The molecule has 8 nitrogen and oxygen atoms in total. The van der Waals surface area contributed by atoms with E-state index in [9.17, 15) is 14.4 Å². The molecule has 0 bridgehead atoms. The number of carbonyl (C=O) groups is 3. The monoisotopic (exact) mass is 398 g/mol. The van der Waals surface area contributed by atoms with E-state index in [1.165, 1.54) is 24.3 Å². The largest absolute Gasteiger partial charge is 0.449 e. The lowest BCUT2D eigenvalue weighted by Crippen LogP contribution is -2.50. The lowest BCUT2D eigenvalue weighted by Gasteiger charge is -2.21. The maximum absolute atomic E-state index is 11.9. The van der Waals surface area contributed by atoms with E-state index in [4.69, 9.17) is 16.3 Å². The van der Waals surface area contributed by atoms with Crippen molar-refractivity contribution in [3.8, 4) is 0 Å². The van der Waals surface area contributed by atoms with Gasteiger partial charge in [-0.1, -0.05) is 11.6 Å². The molecule has 26 heavy (non-hydrogen) atoms. The Kier molecular flexibility index (Phi) is 6.04. The second-order valence-corrected chi connectivity index (χ2v) is 7.68. The second kappa shape index (κ2) is 7.88. The van der Waals surface area contributed by atoms with Crippen LogP contribution in [0.2, 0.25) is 5.15 Å². The molecule has 0 aromatic carbocycles. The zero-order chi connectivity index (χ0) is 19.5. The Morgan fingerprint density at radius 2 is 2.08 bits per heavy atom. The van der Waals surface area contributed by atoms with Crippen LogP contribution in [0.3, 0.4) is 0 Å². The van der Waals surface area contributed by atoms with Crippen molar-refractivity contribution in [1.29, 1.82) is 0 Å². The smallest absolute Gasteiger partial charge is 0.331 e. The molecule has 0 saturated heterocycles. The van der Waals surface area contributed by atoms with Gasteiger partial charge in [-0.3, -0.25) is 14.5 Å². The van der Waals surface area contributed by atoms with Gasteiger partial charge < -0.3 is 10.1 Å². The zero-order valence-electron chi connectivity index (χ0n) is 14.7. The fourth-order valence-corrected chi connectivity index (χ4v) is 2.93. The number of aromatic nitrogens is 2. The summed E-state index contributed by atoms with van der Waals surface area (Å²) < 4.78 is 6.71. The minimum atomic E-state index is -1.14. The van der Waals surface area contributed by atoms with Gasteiger partial charge in [0.05, 0.1) is 5.69 Å². The summed E-state index contributed by atoms with van der Waals surface area (Å²) in [7, 11) is 0. The quantitative estimate of drug-likeness (QED) is 0.608. The average Bonchev–Trinajstić information content (AvgIpc) is 3.03. The van der Waals surface area contributed by atoms with Gasteiger partial charge in [-0.05, 0) is 33.8 Å². The van der Waals surface area contributed by atoms with Crippen LogP contribution in [0.25, 0.3) is 11.0 Å². The maximum atomic E-state index is 11.9. The zero-order valence-corrected chi connectivity index (χ0v) is 16.3.